The monoisotopic (exact) mass is 376 g/mol. The van der Waals surface area contributed by atoms with Crippen molar-refractivity contribution in [2.24, 2.45) is 0 Å². The summed E-state index contributed by atoms with van der Waals surface area (Å²) < 4.78 is 5.09. The second-order valence-corrected chi connectivity index (χ2v) is 6.56. The van der Waals surface area contributed by atoms with Gasteiger partial charge < -0.3 is 20.3 Å². The molecule has 2 rings (SSSR count). The highest BCUT2D eigenvalue weighted by molar-refractivity contribution is 6.09. The minimum Gasteiger partial charge on any atom is -0.497 e. The number of urea groups is 1. The molecule has 146 valence electrons. The summed E-state index contributed by atoms with van der Waals surface area (Å²) in [5, 5.41) is 5.18. The molecular formula is C18H24N4O5. The second-order valence-electron chi connectivity index (χ2n) is 6.56. The summed E-state index contributed by atoms with van der Waals surface area (Å²) in [6, 6.07) is 6.12. The zero-order valence-electron chi connectivity index (χ0n) is 15.9. The predicted molar refractivity (Wildman–Crippen MR) is 96.9 cm³/mol. The maximum atomic E-state index is 12.8. The Balaban J connectivity index is 2.00. The SMILES string of the molecule is COc1ccc(C2(C)NC(=O)N(CC(=O)NCCC(=O)N(C)C)C2=O)cc1. The number of amides is 5. The Morgan fingerprint density at radius 2 is 1.85 bits per heavy atom. The normalized spacial score (nSPS) is 18.9. The molecule has 5 amide bonds. The highest BCUT2D eigenvalue weighted by Gasteiger charge is 2.49. The summed E-state index contributed by atoms with van der Waals surface area (Å²) in [6.45, 7) is 1.31. The quantitative estimate of drug-likeness (QED) is 0.654. The van der Waals surface area contributed by atoms with Gasteiger partial charge in [-0.05, 0) is 24.6 Å². The molecule has 2 N–H and O–H groups in total. The summed E-state index contributed by atoms with van der Waals surface area (Å²) in [6.07, 6.45) is 0.141. The van der Waals surface area contributed by atoms with E-state index in [1.54, 1.807) is 45.3 Å². The zero-order valence-corrected chi connectivity index (χ0v) is 15.9. The van der Waals surface area contributed by atoms with E-state index < -0.39 is 29.9 Å². The second kappa shape index (κ2) is 8.07. The Morgan fingerprint density at radius 3 is 2.41 bits per heavy atom. The van der Waals surface area contributed by atoms with Crippen molar-refractivity contribution in [3.05, 3.63) is 29.8 Å². The van der Waals surface area contributed by atoms with Crippen molar-refractivity contribution in [1.29, 1.82) is 0 Å². The van der Waals surface area contributed by atoms with Crippen molar-refractivity contribution in [2.45, 2.75) is 18.9 Å². The predicted octanol–water partition coefficient (Wildman–Crippen LogP) is 0.0567. The maximum absolute atomic E-state index is 12.8. The standard InChI is InChI=1S/C18H24N4O5/c1-18(12-5-7-13(27-4)8-6-12)16(25)22(17(26)20-18)11-14(23)19-10-9-15(24)21(2)3/h5-8H,9-11H2,1-4H3,(H,19,23)(H,20,26). The number of carbonyl (C=O) groups is 4. The highest BCUT2D eigenvalue weighted by atomic mass is 16.5. The minimum atomic E-state index is -1.26. The number of imide groups is 1. The molecule has 1 saturated heterocycles. The van der Waals surface area contributed by atoms with Crippen LogP contribution in [0.1, 0.15) is 18.9 Å². The first-order valence-corrected chi connectivity index (χ1v) is 8.44. The van der Waals surface area contributed by atoms with Gasteiger partial charge in [-0.25, -0.2) is 4.79 Å². The Kier molecular flexibility index (Phi) is 6.04. The molecule has 0 aliphatic carbocycles. The van der Waals surface area contributed by atoms with Crippen LogP contribution in [0, 0.1) is 0 Å². The van der Waals surface area contributed by atoms with Gasteiger partial charge in [-0.15, -0.1) is 0 Å². The first kappa shape index (κ1) is 20.2. The van der Waals surface area contributed by atoms with Crippen LogP contribution in [0.2, 0.25) is 0 Å². The van der Waals surface area contributed by atoms with Gasteiger partial charge in [0.1, 0.15) is 17.8 Å². The van der Waals surface area contributed by atoms with E-state index in [2.05, 4.69) is 10.6 Å². The Bertz CT molecular complexity index is 747. The van der Waals surface area contributed by atoms with Crippen LogP contribution in [0.15, 0.2) is 24.3 Å². The fraction of sp³-hybridized carbons (Fsp3) is 0.444. The van der Waals surface area contributed by atoms with Crippen LogP contribution in [0.25, 0.3) is 0 Å². The molecular weight excluding hydrogens is 352 g/mol. The minimum absolute atomic E-state index is 0.127. The van der Waals surface area contributed by atoms with Crippen LogP contribution in [0.3, 0.4) is 0 Å². The molecule has 1 atom stereocenters. The Morgan fingerprint density at radius 1 is 1.22 bits per heavy atom. The number of nitrogens with zero attached hydrogens (tertiary/aromatic N) is 2. The van der Waals surface area contributed by atoms with Crippen molar-refractivity contribution in [2.75, 3.05) is 34.3 Å². The number of methoxy groups -OCH3 is 1. The van der Waals surface area contributed by atoms with E-state index in [0.717, 1.165) is 4.90 Å². The van der Waals surface area contributed by atoms with E-state index in [-0.39, 0.29) is 18.9 Å². The van der Waals surface area contributed by atoms with E-state index in [1.165, 1.54) is 12.0 Å². The van der Waals surface area contributed by atoms with Gasteiger partial charge in [0.25, 0.3) is 5.91 Å². The van der Waals surface area contributed by atoms with E-state index in [4.69, 9.17) is 4.74 Å². The fourth-order valence-electron chi connectivity index (χ4n) is 2.69. The van der Waals surface area contributed by atoms with E-state index in [9.17, 15) is 19.2 Å². The summed E-state index contributed by atoms with van der Waals surface area (Å²) in [4.78, 5) is 50.8. The van der Waals surface area contributed by atoms with Gasteiger partial charge in [-0.3, -0.25) is 19.3 Å². The van der Waals surface area contributed by atoms with Crippen LogP contribution in [0.4, 0.5) is 4.79 Å². The molecule has 0 bridgehead atoms. The lowest BCUT2D eigenvalue weighted by atomic mass is 9.92. The third-order valence-electron chi connectivity index (χ3n) is 4.40. The number of benzene rings is 1. The van der Waals surface area contributed by atoms with Gasteiger partial charge in [0.15, 0.2) is 0 Å². The topological polar surface area (TPSA) is 108 Å². The average Bonchev–Trinajstić information content (AvgIpc) is 2.85. The molecule has 1 unspecified atom stereocenters. The van der Waals surface area contributed by atoms with Crippen LogP contribution in [-0.4, -0.2) is 67.8 Å². The van der Waals surface area contributed by atoms with Crippen molar-refractivity contribution >= 4 is 23.8 Å². The number of carbonyl (C=O) groups excluding carboxylic acids is 4. The molecule has 0 radical (unpaired) electrons. The van der Waals surface area contributed by atoms with E-state index in [0.29, 0.717) is 11.3 Å². The molecule has 1 fully saturated rings. The lowest BCUT2D eigenvalue weighted by Crippen LogP contribution is -2.43. The summed E-state index contributed by atoms with van der Waals surface area (Å²) >= 11 is 0. The number of nitrogens with one attached hydrogen (secondary N) is 2. The molecule has 27 heavy (non-hydrogen) atoms. The number of ether oxygens (including phenoxy) is 1. The smallest absolute Gasteiger partial charge is 0.325 e. The number of rotatable bonds is 7. The molecule has 9 heteroatoms. The van der Waals surface area contributed by atoms with Crippen LogP contribution in [0.5, 0.6) is 5.75 Å². The number of hydrogen-bond acceptors (Lipinski definition) is 5. The van der Waals surface area contributed by atoms with Crippen molar-refractivity contribution < 1.29 is 23.9 Å². The highest BCUT2D eigenvalue weighted by Crippen LogP contribution is 2.29. The largest absolute Gasteiger partial charge is 0.497 e. The first-order valence-electron chi connectivity index (χ1n) is 8.44. The Hall–Kier alpha value is -3.10. The van der Waals surface area contributed by atoms with E-state index >= 15 is 0 Å². The van der Waals surface area contributed by atoms with Gasteiger partial charge >= 0.3 is 6.03 Å². The molecule has 0 aromatic heterocycles. The summed E-state index contributed by atoms with van der Waals surface area (Å²) in [5.41, 5.74) is -0.675. The molecule has 1 aliphatic rings. The molecule has 1 heterocycles. The number of hydrogen-bond donors (Lipinski definition) is 2. The summed E-state index contributed by atoms with van der Waals surface area (Å²) in [7, 11) is 4.78. The Labute approximate surface area is 157 Å². The van der Waals surface area contributed by atoms with Crippen LogP contribution in [-0.2, 0) is 19.9 Å². The van der Waals surface area contributed by atoms with Crippen LogP contribution >= 0.6 is 0 Å². The molecule has 1 aliphatic heterocycles. The van der Waals surface area contributed by atoms with Crippen LogP contribution < -0.4 is 15.4 Å². The third kappa shape index (κ3) is 4.36. The maximum Gasteiger partial charge on any atom is 0.325 e. The van der Waals surface area contributed by atoms with Gasteiger partial charge in [0, 0.05) is 27.1 Å². The summed E-state index contributed by atoms with van der Waals surface area (Å²) in [5.74, 6) is -0.527. The fourth-order valence-corrected chi connectivity index (χ4v) is 2.69. The van der Waals surface area contributed by atoms with Crippen molar-refractivity contribution in [3.63, 3.8) is 0 Å². The zero-order chi connectivity index (χ0) is 20.2. The molecule has 0 saturated carbocycles. The van der Waals surface area contributed by atoms with Crippen molar-refractivity contribution in [1.82, 2.24) is 20.4 Å². The van der Waals surface area contributed by atoms with Gasteiger partial charge in [-0.2, -0.15) is 0 Å². The molecule has 9 nitrogen and oxygen atoms in total. The first-order chi connectivity index (χ1) is 12.7. The van der Waals surface area contributed by atoms with E-state index in [1.807, 2.05) is 0 Å². The lowest BCUT2D eigenvalue weighted by Gasteiger charge is -2.22. The molecule has 0 spiro atoms. The average molecular weight is 376 g/mol. The van der Waals surface area contributed by atoms with Crippen molar-refractivity contribution in [3.8, 4) is 5.75 Å². The molecule has 1 aromatic carbocycles. The third-order valence-corrected chi connectivity index (χ3v) is 4.40. The lowest BCUT2D eigenvalue weighted by molar-refractivity contribution is -0.135. The van der Waals surface area contributed by atoms with Gasteiger partial charge in [-0.1, -0.05) is 12.1 Å². The van der Waals surface area contributed by atoms with Gasteiger partial charge in [0.2, 0.25) is 11.8 Å². The van der Waals surface area contributed by atoms with Gasteiger partial charge in [0.05, 0.1) is 7.11 Å². The molecule has 1 aromatic rings.